The molecule has 0 radical (unpaired) electrons. The molecule has 0 spiro atoms. The van der Waals surface area contributed by atoms with E-state index in [0.717, 1.165) is 60.5 Å². The van der Waals surface area contributed by atoms with E-state index in [4.69, 9.17) is 4.74 Å². The summed E-state index contributed by atoms with van der Waals surface area (Å²) in [5.41, 5.74) is 4.35. The molecule has 178 valence electrons. The highest BCUT2D eigenvalue weighted by atomic mass is 32.2. The van der Waals surface area contributed by atoms with Crippen LogP contribution in [0.25, 0.3) is 5.57 Å². The Kier molecular flexibility index (Phi) is 7.84. The van der Waals surface area contributed by atoms with Crippen molar-refractivity contribution in [1.29, 1.82) is 5.26 Å². The predicted molar refractivity (Wildman–Crippen MR) is 140 cm³/mol. The zero-order chi connectivity index (χ0) is 24.1. The first-order valence-electron chi connectivity index (χ1n) is 12.2. The van der Waals surface area contributed by atoms with Crippen LogP contribution < -0.4 is 10.2 Å². The number of hydrogen-bond acceptors (Lipinski definition) is 5. The molecule has 0 heterocycles. The first-order chi connectivity index (χ1) is 16.5. The van der Waals surface area contributed by atoms with Crippen LogP contribution in [0.1, 0.15) is 57.1 Å². The maximum Gasteiger partial charge on any atom is 0.411 e. The molecule has 2 aliphatic carbocycles. The summed E-state index contributed by atoms with van der Waals surface area (Å²) in [5, 5.41) is 12.4. The van der Waals surface area contributed by atoms with Crippen LogP contribution in [0.5, 0.6) is 0 Å². The predicted octanol–water partition coefficient (Wildman–Crippen LogP) is 7.24. The third-order valence-electron chi connectivity index (χ3n) is 6.70. The molecule has 2 saturated carbocycles. The van der Waals surface area contributed by atoms with Crippen LogP contribution in [0.3, 0.4) is 0 Å². The molecule has 0 unspecified atom stereocenters. The van der Waals surface area contributed by atoms with Crippen molar-refractivity contribution in [2.45, 2.75) is 69.5 Å². The second-order valence-corrected chi connectivity index (χ2v) is 10.5. The van der Waals surface area contributed by atoms with Gasteiger partial charge in [-0.15, -0.1) is 11.8 Å². The molecule has 0 aliphatic heterocycles. The number of carbonyl (C=O) groups is 1. The Morgan fingerprint density at radius 2 is 1.97 bits per heavy atom. The van der Waals surface area contributed by atoms with E-state index in [0.29, 0.717) is 17.5 Å². The summed E-state index contributed by atoms with van der Waals surface area (Å²) >= 11 is 1.80. The maximum atomic E-state index is 12.2. The van der Waals surface area contributed by atoms with Crippen molar-refractivity contribution in [3.05, 3.63) is 60.2 Å². The smallest absolute Gasteiger partial charge is 0.411 e. The highest BCUT2D eigenvalue weighted by Crippen LogP contribution is 2.38. The van der Waals surface area contributed by atoms with Crippen LogP contribution in [0.4, 0.5) is 16.2 Å². The minimum absolute atomic E-state index is 0.0331. The number of amides is 1. The number of ether oxygens (including phenoxy) is 1. The summed E-state index contributed by atoms with van der Waals surface area (Å²) in [4.78, 5) is 15.8. The molecule has 34 heavy (non-hydrogen) atoms. The van der Waals surface area contributed by atoms with Crippen LogP contribution in [0.2, 0.25) is 0 Å². The number of nitrogens with zero attached hydrogens (tertiary/aromatic N) is 2. The van der Waals surface area contributed by atoms with E-state index in [9.17, 15) is 10.1 Å². The number of hydrogen-bond donors (Lipinski definition) is 1. The standard InChI is InChI=1S/C28H33N3O2S/c1-4-34-25-14-15-26(19(2)17-29)27(16-25)31(24-6-5-7-24)18-21-8-12-23(13-9-21)30-28(32)33-20(3)22-10-11-22/h8-9,12-16,20,22,24H,2,4-7,10-11,18H2,1,3H3,(H,30,32)/t20-/m1/s1. The van der Waals surface area contributed by atoms with Crippen LogP contribution in [0.15, 0.2) is 53.9 Å². The van der Waals surface area contributed by atoms with E-state index in [1.807, 2.05) is 25.1 Å². The monoisotopic (exact) mass is 475 g/mol. The Morgan fingerprint density at radius 3 is 2.56 bits per heavy atom. The van der Waals surface area contributed by atoms with Gasteiger partial charge in [-0.1, -0.05) is 31.7 Å². The van der Waals surface area contributed by atoms with Gasteiger partial charge in [-0.05, 0) is 80.5 Å². The number of thioether (sulfide) groups is 1. The lowest BCUT2D eigenvalue weighted by atomic mass is 9.89. The lowest BCUT2D eigenvalue weighted by Gasteiger charge is -2.40. The molecule has 0 bridgehead atoms. The average molecular weight is 476 g/mol. The number of anilines is 2. The lowest BCUT2D eigenvalue weighted by Crippen LogP contribution is -2.40. The number of carbonyl (C=O) groups excluding carboxylic acids is 1. The van der Waals surface area contributed by atoms with E-state index in [-0.39, 0.29) is 6.10 Å². The van der Waals surface area contributed by atoms with Crippen LogP contribution in [-0.2, 0) is 11.3 Å². The van der Waals surface area contributed by atoms with Crippen molar-refractivity contribution in [2.75, 3.05) is 16.0 Å². The van der Waals surface area contributed by atoms with Crippen LogP contribution in [-0.4, -0.2) is 24.0 Å². The molecule has 5 nitrogen and oxygen atoms in total. The molecule has 1 N–H and O–H groups in total. The molecule has 2 aromatic rings. The van der Waals surface area contributed by atoms with E-state index in [1.165, 1.54) is 11.3 Å². The van der Waals surface area contributed by atoms with Gasteiger partial charge in [0.1, 0.15) is 6.10 Å². The molecule has 4 rings (SSSR count). The molecule has 6 heteroatoms. The fourth-order valence-electron chi connectivity index (χ4n) is 4.30. The van der Waals surface area contributed by atoms with Crippen molar-refractivity contribution >= 4 is 34.8 Å². The van der Waals surface area contributed by atoms with E-state index < -0.39 is 6.09 Å². The second-order valence-electron chi connectivity index (χ2n) is 9.18. The third kappa shape index (κ3) is 5.95. The van der Waals surface area contributed by atoms with E-state index >= 15 is 0 Å². The topological polar surface area (TPSA) is 65.4 Å². The highest BCUT2D eigenvalue weighted by Gasteiger charge is 2.31. The minimum atomic E-state index is -0.395. The van der Waals surface area contributed by atoms with E-state index in [1.54, 1.807) is 11.8 Å². The largest absolute Gasteiger partial charge is 0.446 e. The third-order valence-corrected chi connectivity index (χ3v) is 7.57. The molecular formula is C28H33N3O2S. The fraction of sp³-hybridized carbons (Fsp3) is 0.429. The first-order valence-corrected chi connectivity index (χ1v) is 13.2. The quantitative estimate of drug-likeness (QED) is 0.290. The first kappa shape index (κ1) is 24.2. The zero-order valence-corrected chi connectivity index (χ0v) is 20.9. The number of benzene rings is 2. The van der Waals surface area contributed by atoms with Gasteiger partial charge in [0.2, 0.25) is 0 Å². The van der Waals surface area contributed by atoms with E-state index in [2.05, 4.69) is 54.1 Å². The average Bonchev–Trinajstić information content (AvgIpc) is 3.64. The van der Waals surface area contributed by atoms with Gasteiger partial charge in [-0.2, -0.15) is 5.26 Å². The van der Waals surface area contributed by atoms with Crippen LogP contribution >= 0.6 is 11.8 Å². The number of nitriles is 1. The number of nitrogens with one attached hydrogen (secondary N) is 1. The van der Waals surface area contributed by atoms with Gasteiger partial charge < -0.3 is 9.64 Å². The SMILES string of the molecule is C=C(C#N)c1ccc(SCC)cc1N(Cc1ccc(NC(=O)O[C@H](C)C2CC2)cc1)C1CCC1. The van der Waals surface area contributed by atoms with Gasteiger partial charge >= 0.3 is 6.09 Å². The Bertz CT molecular complexity index is 1070. The van der Waals surface area contributed by atoms with Gasteiger partial charge in [0.05, 0.1) is 11.6 Å². The summed E-state index contributed by atoms with van der Waals surface area (Å²) in [7, 11) is 0. The van der Waals surface area contributed by atoms with Gasteiger partial charge in [-0.25, -0.2) is 4.79 Å². The molecule has 0 saturated heterocycles. The van der Waals surface area contributed by atoms with Gasteiger partial charge in [0, 0.05) is 34.4 Å². The number of rotatable bonds is 10. The summed E-state index contributed by atoms with van der Waals surface area (Å²) in [6.45, 7) is 8.84. The van der Waals surface area contributed by atoms with Gasteiger partial charge in [-0.3, -0.25) is 5.32 Å². The zero-order valence-electron chi connectivity index (χ0n) is 20.0. The van der Waals surface area contributed by atoms with Crippen molar-refractivity contribution < 1.29 is 9.53 Å². The van der Waals surface area contributed by atoms with Gasteiger partial charge in [0.25, 0.3) is 0 Å². The fourth-order valence-corrected chi connectivity index (χ4v) is 4.99. The molecule has 0 aromatic heterocycles. The molecule has 2 aromatic carbocycles. The van der Waals surface area contributed by atoms with Crippen LogP contribution in [0, 0.1) is 17.2 Å². The Morgan fingerprint density at radius 1 is 1.24 bits per heavy atom. The highest BCUT2D eigenvalue weighted by molar-refractivity contribution is 7.99. The summed E-state index contributed by atoms with van der Waals surface area (Å²) in [6, 6.07) is 17.0. The Hall–Kier alpha value is -2.91. The molecule has 1 amide bonds. The minimum Gasteiger partial charge on any atom is -0.446 e. The van der Waals surface area contributed by atoms with Crippen molar-refractivity contribution in [1.82, 2.24) is 0 Å². The van der Waals surface area contributed by atoms with Crippen molar-refractivity contribution in [2.24, 2.45) is 5.92 Å². The maximum absolute atomic E-state index is 12.2. The molecular weight excluding hydrogens is 442 g/mol. The molecule has 2 aliphatic rings. The Balaban J connectivity index is 1.51. The van der Waals surface area contributed by atoms with Gasteiger partial charge in [0.15, 0.2) is 0 Å². The van der Waals surface area contributed by atoms with Crippen molar-refractivity contribution in [3.8, 4) is 6.07 Å². The Labute approximate surface area is 207 Å². The second kappa shape index (κ2) is 11.0. The summed E-state index contributed by atoms with van der Waals surface area (Å²) in [6.07, 6.45) is 5.38. The molecule has 2 fully saturated rings. The summed E-state index contributed by atoms with van der Waals surface area (Å²) < 4.78 is 5.47. The normalized spacial score (nSPS) is 16.1. The lowest BCUT2D eigenvalue weighted by molar-refractivity contribution is 0.108. The van der Waals surface area contributed by atoms with Crippen molar-refractivity contribution in [3.63, 3.8) is 0 Å². The number of allylic oxidation sites excluding steroid dienone is 1. The summed E-state index contributed by atoms with van der Waals surface area (Å²) in [5.74, 6) is 1.51. The molecule has 1 atom stereocenters.